The van der Waals surface area contributed by atoms with E-state index < -0.39 is 10.0 Å². The van der Waals surface area contributed by atoms with Crippen LogP contribution in [0.1, 0.15) is 32.6 Å². The van der Waals surface area contributed by atoms with Gasteiger partial charge in [0.1, 0.15) is 0 Å². The minimum atomic E-state index is -3.22. The fourth-order valence-electron chi connectivity index (χ4n) is 3.37. The predicted molar refractivity (Wildman–Crippen MR) is 125 cm³/mol. The lowest BCUT2D eigenvalue weighted by Crippen LogP contribution is -2.47. The molecule has 11 heteroatoms. The number of carbonyl (C=O) groups excluding carboxylic acids is 1. The van der Waals surface area contributed by atoms with Gasteiger partial charge in [-0.1, -0.05) is 0 Å². The molecule has 1 saturated heterocycles. The molecule has 0 unspecified atom stereocenters. The zero-order valence-electron chi connectivity index (χ0n) is 16.7. The summed E-state index contributed by atoms with van der Waals surface area (Å²) >= 11 is 1.79. The van der Waals surface area contributed by atoms with E-state index in [1.165, 1.54) is 0 Å². The average Bonchev–Trinajstić information content (AvgIpc) is 2.68. The lowest BCUT2D eigenvalue weighted by molar-refractivity contribution is -0.149. The maximum atomic E-state index is 12.4. The molecule has 0 aromatic heterocycles. The molecule has 8 nitrogen and oxygen atoms in total. The Balaban J connectivity index is 0.00000392. The van der Waals surface area contributed by atoms with Crippen LogP contribution in [0.25, 0.3) is 0 Å². The third-order valence-corrected chi connectivity index (χ3v) is 7.74. The molecular formula is C17H33IN4O4S2. The Labute approximate surface area is 190 Å². The number of rotatable bonds is 7. The van der Waals surface area contributed by atoms with Crippen molar-refractivity contribution in [1.29, 1.82) is 0 Å². The van der Waals surface area contributed by atoms with Gasteiger partial charge in [-0.05, 0) is 32.6 Å². The van der Waals surface area contributed by atoms with E-state index in [4.69, 9.17) is 4.74 Å². The van der Waals surface area contributed by atoms with E-state index in [1.54, 1.807) is 23.1 Å². The lowest BCUT2D eigenvalue weighted by atomic mass is 9.86. The van der Waals surface area contributed by atoms with Gasteiger partial charge in [-0.25, -0.2) is 12.7 Å². The summed E-state index contributed by atoms with van der Waals surface area (Å²) in [6.07, 6.45) is 3.34. The van der Waals surface area contributed by atoms with Crippen LogP contribution in [0.3, 0.4) is 0 Å². The Bertz CT molecular complexity index is 604. The van der Waals surface area contributed by atoms with Gasteiger partial charge in [0.05, 0.1) is 18.3 Å². The summed E-state index contributed by atoms with van der Waals surface area (Å²) in [6.45, 7) is 3.77. The van der Waals surface area contributed by atoms with Gasteiger partial charge in [0.15, 0.2) is 5.96 Å². The summed E-state index contributed by atoms with van der Waals surface area (Å²) in [6, 6.07) is 0.234. The number of guanidine groups is 1. The molecule has 2 aliphatic rings. The first-order chi connectivity index (χ1) is 13.0. The molecule has 1 heterocycles. The molecule has 28 heavy (non-hydrogen) atoms. The van der Waals surface area contributed by atoms with Gasteiger partial charge in [0.25, 0.3) is 0 Å². The number of hydrogen-bond donors (Lipinski definition) is 2. The van der Waals surface area contributed by atoms with Crippen LogP contribution in [-0.2, 0) is 19.6 Å². The molecule has 164 valence electrons. The van der Waals surface area contributed by atoms with Crippen LogP contribution in [0.5, 0.6) is 0 Å². The van der Waals surface area contributed by atoms with Crippen molar-refractivity contribution in [2.24, 2.45) is 10.9 Å². The summed E-state index contributed by atoms with van der Waals surface area (Å²) in [7, 11) is -1.54. The standard InChI is InChI=1S/C17H32N4O4S2.HI/c1-3-25-16(22)14-4-6-15(7-5-14)20-17(18-2)19-8-13-27(23,24)21-9-11-26-12-10-21;/h14-15H,3-13H2,1-2H3,(H2,18,19,20);1H. The lowest BCUT2D eigenvalue weighted by Gasteiger charge is -2.29. The number of nitrogens with zero attached hydrogens (tertiary/aromatic N) is 2. The maximum Gasteiger partial charge on any atom is 0.308 e. The number of esters is 1. The Morgan fingerprint density at radius 1 is 1.21 bits per heavy atom. The molecule has 0 amide bonds. The van der Waals surface area contributed by atoms with Crippen molar-refractivity contribution in [2.45, 2.75) is 38.6 Å². The third-order valence-electron chi connectivity index (χ3n) is 4.93. The number of thioether (sulfide) groups is 1. The Morgan fingerprint density at radius 3 is 2.43 bits per heavy atom. The van der Waals surface area contributed by atoms with Crippen LogP contribution < -0.4 is 10.6 Å². The summed E-state index contributed by atoms with van der Waals surface area (Å²) in [4.78, 5) is 16.0. The van der Waals surface area contributed by atoms with E-state index >= 15 is 0 Å². The summed E-state index contributed by atoms with van der Waals surface area (Å²) in [5, 5.41) is 6.44. The second kappa shape index (κ2) is 13.1. The molecule has 0 spiro atoms. The summed E-state index contributed by atoms with van der Waals surface area (Å²) < 4.78 is 31.4. The molecule has 2 N–H and O–H groups in total. The number of aliphatic imine (C=N–C) groups is 1. The van der Waals surface area contributed by atoms with E-state index in [-0.39, 0.29) is 47.7 Å². The van der Waals surface area contributed by atoms with Crippen molar-refractivity contribution >= 4 is 57.7 Å². The van der Waals surface area contributed by atoms with Crippen molar-refractivity contribution in [3.63, 3.8) is 0 Å². The molecule has 2 rings (SSSR count). The first-order valence-corrected chi connectivity index (χ1v) is 12.4. The van der Waals surface area contributed by atoms with E-state index in [2.05, 4.69) is 15.6 Å². The third kappa shape index (κ3) is 8.23. The molecular weight excluding hydrogens is 515 g/mol. The van der Waals surface area contributed by atoms with Crippen LogP contribution in [0, 0.1) is 5.92 Å². The van der Waals surface area contributed by atoms with Crippen molar-refractivity contribution in [2.75, 3.05) is 50.5 Å². The van der Waals surface area contributed by atoms with E-state index in [0.29, 0.717) is 32.2 Å². The monoisotopic (exact) mass is 548 g/mol. The van der Waals surface area contributed by atoms with E-state index in [0.717, 1.165) is 37.2 Å². The molecule has 0 aromatic rings. The van der Waals surface area contributed by atoms with Gasteiger partial charge >= 0.3 is 5.97 Å². The molecule has 0 atom stereocenters. The zero-order chi connectivity index (χ0) is 19.7. The van der Waals surface area contributed by atoms with Gasteiger partial charge in [-0.3, -0.25) is 9.79 Å². The first-order valence-electron chi connectivity index (χ1n) is 9.65. The van der Waals surface area contributed by atoms with Crippen LogP contribution in [0.4, 0.5) is 0 Å². The SMILES string of the molecule is CCOC(=O)C1CCC(NC(=NC)NCCS(=O)(=O)N2CCSCC2)CC1.I. The fourth-order valence-corrected chi connectivity index (χ4v) is 5.87. The highest BCUT2D eigenvalue weighted by molar-refractivity contribution is 14.0. The summed E-state index contributed by atoms with van der Waals surface area (Å²) in [5.41, 5.74) is 0. The number of nitrogens with one attached hydrogen (secondary N) is 2. The quantitative estimate of drug-likeness (QED) is 0.214. The Morgan fingerprint density at radius 2 is 1.86 bits per heavy atom. The number of carbonyl (C=O) groups is 1. The predicted octanol–water partition coefficient (Wildman–Crippen LogP) is 1.27. The average molecular weight is 549 g/mol. The van der Waals surface area contributed by atoms with Gasteiger partial charge in [-0.15, -0.1) is 24.0 Å². The van der Waals surface area contributed by atoms with Crippen molar-refractivity contribution < 1.29 is 17.9 Å². The molecule has 2 fully saturated rings. The van der Waals surface area contributed by atoms with Crippen molar-refractivity contribution in [1.82, 2.24) is 14.9 Å². The second-order valence-corrected chi connectivity index (χ2v) is 10.1. The smallest absolute Gasteiger partial charge is 0.308 e. The molecule has 0 bridgehead atoms. The largest absolute Gasteiger partial charge is 0.466 e. The first kappa shape index (κ1) is 25.8. The Kier molecular flexibility index (Phi) is 12.1. The minimum Gasteiger partial charge on any atom is -0.466 e. The highest BCUT2D eigenvalue weighted by Gasteiger charge is 2.28. The van der Waals surface area contributed by atoms with Gasteiger partial charge in [-0.2, -0.15) is 11.8 Å². The van der Waals surface area contributed by atoms with Gasteiger partial charge < -0.3 is 15.4 Å². The maximum absolute atomic E-state index is 12.4. The van der Waals surface area contributed by atoms with Crippen molar-refractivity contribution in [3.05, 3.63) is 0 Å². The van der Waals surface area contributed by atoms with Crippen LogP contribution >= 0.6 is 35.7 Å². The van der Waals surface area contributed by atoms with Crippen LogP contribution in [0.15, 0.2) is 4.99 Å². The molecule has 1 saturated carbocycles. The number of ether oxygens (including phenoxy) is 1. The van der Waals surface area contributed by atoms with Gasteiger partial charge in [0, 0.05) is 44.2 Å². The van der Waals surface area contributed by atoms with Gasteiger partial charge in [0.2, 0.25) is 10.0 Å². The fraction of sp³-hybridized carbons (Fsp3) is 0.882. The highest BCUT2D eigenvalue weighted by atomic mass is 127. The van der Waals surface area contributed by atoms with E-state index in [1.807, 2.05) is 6.92 Å². The molecule has 1 aliphatic heterocycles. The number of halogens is 1. The minimum absolute atomic E-state index is 0. The molecule has 1 aliphatic carbocycles. The van der Waals surface area contributed by atoms with Crippen LogP contribution in [-0.4, -0.2) is 81.2 Å². The topological polar surface area (TPSA) is 100 Å². The van der Waals surface area contributed by atoms with E-state index in [9.17, 15) is 13.2 Å². The normalized spacial score (nSPS) is 24.1. The van der Waals surface area contributed by atoms with Crippen molar-refractivity contribution in [3.8, 4) is 0 Å². The molecule has 0 radical (unpaired) electrons. The number of hydrogen-bond acceptors (Lipinski definition) is 6. The second-order valence-electron chi connectivity index (χ2n) is 6.77. The molecule has 0 aromatic carbocycles. The zero-order valence-corrected chi connectivity index (χ0v) is 20.6. The number of sulfonamides is 1. The Hall–Kier alpha value is -0.270. The van der Waals surface area contributed by atoms with Crippen LogP contribution in [0.2, 0.25) is 0 Å². The highest BCUT2D eigenvalue weighted by Crippen LogP contribution is 2.25. The summed E-state index contributed by atoms with van der Waals surface area (Å²) in [5.74, 6) is 2.30.